The molecule has 0 radical (unpaired) electrons. The van der Waals surface area contributed by atoms with Crippen molar-refractivity contribution in [1.82, 2.24) is 19.6 Å². The Hall–Kier alpha value is -2.84. The van der Waals surface area contributed by atoms with E-state index >= 15 is 0 Å². The van der Waals surface area contributed by atoms with Gasteiger partial charge in [0.2, 0.25) is 11.8 Å². The van der Waals surface area contributed by atoms with E-state index in [1.807, 2.05) is 18.7 Å². The third-order valence-electron chi connectivity index (χ3n) is 6.46. The summed E-state index contributed by atoms with van der Waals surface area (Å²) in [4.78, 5) is 29.2. The van der Waals surface area contributed by atoms with Crippen molar-refractivity contribution in [3.63, 3.8) is 0 Å². The summed E-state index contributed by atoms with van der Waals surface area (Å²) in [6, 6.07) is 5.00. The first-order valence-corrected chi connectivity index (χ1v) is 11.4. The standard InChI is InChI=1S/C24H31F3N4O2/c1-5-29(6-2)23(33)18-10-12-30(13-11-18)22(32)15-21-16(3)28-31(17(21)4)20-9-7-8-19(14-20)24(25,26)27/h7-9,14,18H,5-6,10-13,15H2,1-4H3. The fourth-order valence-electron chi connectivity index (χ4n) is 4.43. The van der Waals surface area contributed by atoms with Crippen molar-refractivity contribution in [1.29, 1.82) is 0 Å². The maximum absolute atomic E-state index is 13.1. The number of piperidine rings is 1. The number of hydrogen-bond acceptors (Lipinski definition) is 3. The first kappa shape index (κ1) is 24.8. The number of carbonyl (C=O) groups excluding carboxylic acids is 2. The largest absolute Gasteiger partial charge is 0.416 e. The molecule has 0 bridgehead atoms. The highest BCUT2D eigenvalue weighted by Crippen LogP contribution is 2.31. The Kier molecular flexibility index (Phi) is 7.49. The van der Waals surface area contributed by atoms with Crippen LogP contribution in [0.2, 0.25) is 0 Å². The normalized spacial score (nSPS) is 15.1. The molecule has 1 saturated heterocycles. The average molecular weight is 465 g/mol. The van der Waals surface area contributed by atoms with Crippen LogP contribution in [0.4, 0.5) is 13.2 Å². The number of carbonyl (C=O) groups is 2. The van der Waals surface area contributed by atoms with Crippen molar-refractivity contribution in [2.24, 2.45) is 5.92 Å². The van der Waals surface area contributed by atoms with Gasteiger partial charge in [-0.05, 0) is 58.7 Å². The van der Waals surface area contributed by atoms with Crippen LogP contribution in [0, 0.1) is 19.8 Å². The van der Waals surface area contributed by atoms with E-state index in [-0.39, 0.29) is 24.2 Å². The summed E-state index contributed by atoms with van der Waals surface area (Å²) >= 11 is 0. The summed E-state index contributed by atoms with van der Waals surface area (Å²) in [6.45, 7) is 9.86. The van der Waals surface area contributed by atoms with Crippen LogP contribution in [0.5, 0.6) is 0 Å². The first-order valence-electron chi connectivity index (χ1n) is 11.4. The van der Waals surface area contributed by atoms with Crippen molar-refractivity contribution >= 4 is 11.8 Å². The molecular formula is C24H31F3N4O2. The van der Waals surface area contributed by atoms with Gasteiger partial charge in [0, 0.05) is 43.4 Å². The second kappa shape index (κ2) is 9.97. The Morgan fingerprint density at radius 2 is 1.76 bits per heavy atom. The minimum Gasteiger partial charge on any atom is -0.343 e. The van der Waals surface area contributed by atoms with Gasteiger partial charge in [0.1, 0.15) is 0 Å². The second-order valence-electron chi connectivity index (χ2n) is 8.45. The fraction of sp³-hybridized carbons (Fsp3) is 0.542. The Morgan fingerprint density at radius 3 is 2.33 bits per heavy atom. The Balaban J connectivity index is 1.70. The zero-order valence-corrected chi connectivity index (χ0v) is 19.6. The molecule has 33 heavy (non-hydrogen) atoms. The highest BCUT2D eigenvalue weighted by Gasteiger charge is 2.32. The molecule has 2 heterocycles. The molecule has 1 aliphatic heterocycles. The van der Waals surface area contributed by atoms with Gasteiger partial charge in [0.05, 0.1) is 23.4 Å². The SMILES string of the molecule is CCN(CC)C(=O)C1CCN(C(=O)Cc2c(C)nn(-c3cccc(C(F)(F)F)c3)c2C)CC1. The molecule has 3 rings (SSSR count). The molecule has 6 nitrogen and oxygen atoms in total. The molecule has 9 heteroatoms. The van der Waals surface area contributed by atoms with Gasteiger partial charge in [-0.25, -0.2) is 4.68 Å². The van der Waals surface area contributed by atoms with E-state index in [9.17, 15) is 22.8 Å². The fourth-order valence-corrected chi connectivity index (χ4v) is 4.43. The van der Waals surface area contributed by atoms with Crippen molar-refractivity contribution in [2.45, 2.75) is 53.1 Å². The molecule has 0 atom stereocenters. The van der Waals surface area contributed by atoms with E-state index in [0.717, 1.165) is 17.7 Å². The Bertz CT molecular complexity index is 1000. The summed E-state index contributed by atoms with van der Waals surface area (Å²) in [5.41, 5.74) is 1.54. The quantitative estimate of drug-likeness (QED) is 0.645. The molecule has 0 unspecified atom stereocenters. The van der Waals surface area contributed by atoms with Gasteiger partial charge in [-0.15, -0.1) is 0 Å². The highest BCUT2D eigenvalue weighted by atomic mass is 19.4. The number of hydrogen-bond donors (Lipinski definition) is 0. The number of aryl methyl sites for hydroxylation is 1. The molecule has 1 fully saturated rings. The summed E-state index contributed by atoms with van der Waals surface area (Å²) < 4.78 is 40.8. The van der Waals surface area contributed by atoms with Gasteiger partial charge in [-0.3, -0.25) is 9.59 Å². The molecule has 0 N–H and O–H groups in total. The Labute approximate surface area is 192 Å². The maximum atomic E-state index is 13.1. The Morgan fingerprint density at radius 1 is 1.12 bits per heavy atom. The molecule has 0 spiro atoms. The van der Waals surface area contributed by atoms with E-state index in [1.165, 1.54) is 10.7 Å². The van der Waals surface area contributed by atoms with Crippen LogP contribution in [-0.4, -0.2) is 57.6 Å². The summed E-state index contributed by atoms with van der Waals surface area (Å²) in [5, 5.41) is 4.40. The number of rotatable bonds is 6. The molecule has 1 aliphatic rings. The molecule has 180 valence electrons. The van der Waals surface area contributed by atoms with Crippen LogP contribution in [0.3, 0.4) is 0 Å². The number of alkyl halides is 3. The summed E-state index contributed by atoms with van der Waals surface area (Å²) in [5.74, 6) is 0.0424. The monoisotopic (exact) mass is 464 g/mol. The van der Waals surface area contributed by atoms with Crippen LogP contribution in [0.25, 0.3) is 5.69 Å². The molecule has 2 amide bonds. The van der Waals surface area contributed by atoms with Gasteiger partial charge in [0.25, 0.3) is 0 Å². The van der Waals surface area contributed by atoms with E-state index in [2.05, 4.69) is 5.10 Å². The highest BCUT2D eigenvalue weighted by molar-refractivity contribution is 5.81. The van der Waals surface area contributed by atoms with E-state index < -0.39 is 11.7 Å². The number of nitrogens with zero attached hydrogens (tertiary/aromatic N) is 4. The van der Waals surface area contributed by atoms with Crippen LogP contribution in [-0.2, 0) is 22.2 Å². The van der Waals surface area contributed by atoms with Crippen LogP contribution < -0.4 is 0 Å². The number of halogens is 3. The zero-order chi connectivity index (χ0) is 24.3. The number of likely N-dealkylation sites (tertiary alicyclic amines) is 1. The van der Waals surface area contributed by atoms with Crippen molar-refractivity contribution in [2.75, 3.05) is 26.2 Å². The van der Waals surface area contributed by atoms with Crippen LogP contribution in [0.1, 0.15) is 49.2 Å². The number of aromatic nitrogens is 2. The third kappa shape index (κ3) is 5.39. The van der Waals surface area contributed by atoms with Crippen LogP contribution in [0.15, 0.2) is 24.3 Å². The predicted octanol–water partition coefficient (Wildman–Crippen LogP) is 4.16. The first-order chi connectivity index (χ1) is 15.6. The van der Waals surface area contributed by atoms with E-state index in [4.69, 9.17) is 0 Å². The topological polar surface area (TPSA) is 58.4 Å². The van der Waals surface area contributed by atoms with Crippen molar-refractivity contribution in [3.05, 3.63) is 46.8 Å². The lowest BCUT2D eigenvalue weighted by molar-refractivity contribution is -0.140. The summed E-state index contributed by atoms with van der Waals surface area (Å²) in [6.07, 6.45) is -3.03. The molecule has 0 aliphatic carbocycles. The second-order valence-corrected chi connectivity index (χ2v) is 8.45. The van der Waals surface area contributed by atoms with E-state index in [0.29, 0.717) is 56.1 Å². The van der Waals surface area contributed by atoms with Crippen molar-refractivity contribution < 1.29 is 22.8 Å². The minimum absolute atomic E-state index is 0.0546. The molecule has 0 saturated carbocycles. The molecule has 1 aromatic carbocycles. The van der Waals surface area contributed by atoms with Gasteiger partial charge < -0.3 is 9.80 Å². The van der Waals surface area contributed by atoms with Gasteiger partial charge in [-0.1, -0.05) is 6.07 Å². The minimum atomic E-state index is -4.44. The lowest BCUT2D eigenvalue weighted by Gasteiger charge is -2.33. The maximum Gasteiger partial charge on any atom is 0.416 e. The van der Waals surface area contributed by atoms with Gasteiger partial charge in [-0.2, -0.15) is 18.3 Å². The van der Waals surface area contributed by atoms with Gasteiger partial charge in [0.15, 0.2) is 0 Å². The van der Waals surface area contributed by atoms with Crippen LogP contribution >= 0.6 is 0 Å². The lowest BCUT2D eigenvalue weighted by Crippen LogP contribution is -2.44. The number of amides is 2. The third-order valence-corrected chi connectivity index (χ3v) is 6.46. The summed E-state index contributed by atoms with van der Waals surface area (Å²) in [7, 11) is 0. The molecule has 2 aromatic rings. The van der Waals surface area contributed by atoms with E-state index in [1.54, 1.807) is 24.8 Å². The smallest absolute Gasteiger partial charge is 0.343 e. The number of benzene rings is 1. The lowest BCUT2D eigenvalue weighted by atomic mass is 9.94. The van der Waals surface area contributed by atoms with Crippen molar-refractivity contribution in [3.8, 4) is 5.69 Å². The molecular weight excluding hydrogens is 433 g/mol. The predicted molar refractivity (Wildman–Crippen MR) is 119 cm³/mol. The zero-order valence-electron chi connectivity index (χ0n) is 19.6. The molecule has 1 aromatic heterocycles. The average Bonchev–Trinajstić information content (AvgIpc) is 3.07. The van der Waals surface area contributed by atoms with Gasteiger partial charge >= 0.3 is 6.18 Å².